The summed E-state index contributed by atoms with van der Waals surface area (Å²) in [6.45, 7) is 0. The lowest BCUT2D eigenvalue weighted by Crippen LogP contribution is -1.93. The van der Waals surface area contributed by atoms with Crippen LogP contribution >= 0.6 is 11.3 Å². The smallest absolute Gasteiger partial charge is 0.235 e. The Morgan fingerprint density at radius 1 is 0.875 bits per heavy atom. The number of fused-ring (bicyclic) bond motifs is 2. The van der Waals surface area contributed by atoms with Gasteiger partial charge in [0.2, 0.25) is 4.96 Å². The van der Waals surface area contributed by atoms with Gasteiger partial charge in [0.15, 0.2) is 5.82 Å². The van der Waals surface area contributed by atoms with Crippen LogP contribution in [0.2, 0.25) is 0 Å². The number of ether oxygens (including phenoxy) is 1. The molecule has 0 fully saturated rings. The first kappa shape index (κ1) is 18.6. The summed E-state index contributed by atoms with van der Waals surface area (Å²) in [5, 5.41) is 15.4. The molecule has 154 valence electrons. The fourth-order valence-electron chi connectivity index (χ4n) is 3.67. The van der Waals surface area contributed by atoms with Gasteiger partial charge in [0, 0.05) is 34.5 Å². The van der Waals surface area contributed by atoms with Crippen molar-refractivity contribution in [3.8, 4) is 39.0 Å². The monoisotopic (exact) mass is 436 g/mol. The van der Waals surface area contributed by atoms with Crippen molar-refractivity contribution < 1.29 is 4.74 Å². The van der Waals surface area contributed by atoms with Gasteiger partial charge in [-0.1, -0.05) is 29.5 Å². The number of pyridine rings is 2. The van der Waals surface area contributed by atoms with Gasteiger partial charge in [0.05, 0.1) is 18.3 Å². The number of nitrogens with zero attached hydrogens (tertiary/aromatic N) is 6. The molecular formula is C24H16N6OS. The Morgan fingerprint density at radius 2 is 1.69 bits per heavy atom. The highest BCUT2D eigenvalue weighted by molar-refractivity contribution is 7.20. The number of benzene rings is 2. The van der Waals surface area contributed by atoms with Crippen molar-refractivity contribution in [2.75, 3.05) is 7.11 Å². The van der Waals surface area contributed by atoms with Gasteiger partial charge in [-0.15, -0.1) is 10.2 Å². The zero-order chi connectivity index (χ0) is 21.5. The summed E-state index contributed by atoms with van der Waals surface area (Å²) in [5.41, 5.74) is 4.73. The molecule has 0 aliphatic heterocycles. The highest BCUT2D eigenvalue weighted by Gasteiger charge is 2.17. The van der Waals surface area contributed by atoms with Crippen molar-refractivity contribution in [1.29, 1.82) is 0 Å². The molecule has 0 radical (unpaired) electrons. The molecule has 0 amide bonds. The van der Waals surface area contributed by atoms with E-state index in [1.54, 1.807) is 24.0 Å². The zero-order valence-corrected chi connectivity index (χ0v) is 17.8. The van der Waals surface area contributed by atoms with Crippen LogP contribution in [0.1, 0.15) is 0 Å². The summed E-state index contributed by atoms with van der Waals surface area (Å²) in [4.78, 5) is 9.70. The quantitative estimate of drug-likeness (QED) is 0.381. The molecule has 2 aromatic carbocycles. The van der Waals surface area contributed by atoms with E-state index in [1.807, 2.05) is 54.6 Å². The van der Waals surface area contributed by atoms with Crippen molar-refractivity contribution in [2.24, 2.45) is 0 Å². The first-order valence-electron chi connectivity index (χ1n) is 9.97. The van der Waals surface area contributed by atoms with Gasteiger partial charge >= 0.3 is 0 Å². The average Bonchev–Trinajstić information content (AvgIpc) is 3.45. The van der Waals surface area contributed by atoms with Crippen LogP contribution < -0.4 is 4.74 Å². The topological polar surface area (TPSA) is 78.1 Å². The lowest BCUT2D eigenvalue weighted by Gasteiger charge is -2.08. The fourth-order valence-corrected chi connectivity index (χ4v) is 4.54. The zero-order valence-electron chi connectivity index (χ0n) is 17.0. The minimum Gasteiger partial charge on any atom is -0.497 e. The van der Waals surface area contributed by atoms with E-state index < -0.39 is 0 Å². The van der Waals surface area contributed by atoms with Crippen LogP contribution in [0.4, 0.5) is 0 Å². The Balaban J connectivity index is 1.54. The van der Waals surface area contributed by atoms with E-state index in [9.17, 15) is 0 Å². The Labute approximate surface area is 187 Å². The van der Waals surface area contributed by atoms with Gasteiger partial charge in [-0.3, -0.25) is 4.98 Å². The second-order valence-electron chi connectivity index (χ2n) is 7.16. The Kier molecular flexibility index (Phi) is 4.36. The van der Waals surface area contributed by atoms with Crippen LogP contribution in [-0.2, 0) is 0 Å². The summed E-state index contributed by atoms with van der Waals surface area (Å²) >= 11 is 1.51. The van der Waals surface area contributed by atoms with Gasteiger partial charge < -0.3 is 4.74 Å². The molecule has 4 aromatic heterocycles. The van der Waals surface area contributed by atoms with Crippen LogP contribution in [-0.4, -0.2) is 36.9 Å². The van der Waals surface area contributed by atoms with Gasteiger partial charge in [0.25, 0.3) is 0 Å². The average molecular weight is 437 g/mol. The molecule has 0 bridgehead atoms. The molecule has 4 heterocycles. The van der Waals surface area contributed by atoms with Crippen LogP contribution in [0, 0.1) is 0 Å². The van der Waals surface area contributed by atoms with E-state index in [-0.39, 0.29) is 0 Å². The minimum atomic E-state index is 0.693. The van der Waals surface area contributed by atoms with E-state index >= 15 is 0 Å². The molecule has 0 atom stereocenters. The van der Waals surface area contributed by atoms with Gasteiger partial charge in [-0.05, 0) is 48.5 Å². The second-order valence-corrected chi connectivity index (χ2v) is 8.12. The van der Waals surface area contributed by atoms with Crippen molar-refractivity contribution in [2.45, 2.75) is 0 Å². The summed E-state index contributed by atoms with van der Waals surface area (Å²) in [7, 11) is 1.66. The highest BCUT2D eigenvalue weighted by atomic mass is 32.1. The summed E-state index contributed by atoms with van der Waals surface area (Å²) < 4.78 is 7.08. The minimum absolute atomic E-state index is 0.693. The number of hydrogen-bond donors (Lipinski definition) is 0. The molecule has 0 unspecified atom stereocenters. The van der Waals surface area contributed by atoms with E-state index in [0.717, 1.165) is 49.0 Å². The predicted molar refractivity (Wildman–Crippen MR) is 125 cm³/mol. The van der Waals surface area contributed by atoms with Crippen molar-refractivity contribution >= 4 is 27.2 Å². The van der Waals surface area contributed by atoms with E-state index in [1.165, 1.54) is 11.3 Å². The van der Waals surface area contributed by atoms with Gasteiger partial charge in [0.1, 0.15) is 10.8 Å². The molecule has 0 spiro atoms. The van der Waals surface area contributed by atoms with E-state index in [0.29, 0.717) is 5.82 Å². The van der Waals surface area contributed by atoms with Crippen LogP contribution in [0.15, 0.2) is 79.1 Å². The SMILES string of the molecule is COc1ccc(-c2cc(-c3nn4c(-c5ccncc5)nnc4s3)c3ccccc3n2)cc1. The molecular weight excluding hydrogens is 420 g/mol. The van der Waals surface area contributed by atoms with Crippen LogP contribution in [0.5, 0.6) is 5.75 Å². The molecule has 7 nitrogen and oxygen atoms in total. The second kappa shape index (κ2) is 7.51. The Hall–Kier alpha value is -4.17. The van der Waals surface area contributed by atoms with E-state index in [4.69, 9.17) is 14.8 Å². The molecule has 8 heteroatoms. The maximum Gasteiger partial charge on any atom is 0.235 e. The Morgan fingerprint density at radius 3 is 2.50 bits per heavy atom. The largest absolute Gasteiger partial charge is 0.497 e. The molecule has 6 rings (SSSR count). The fraction of sp³-hybridized carbons (Fsp3) is 0.0417. The van der Waals surface area contributed by atoms with Crippen LogP contribution in [0.25, 0.3) is 49.1 Å². The molecule has 6 aromatic rings. The highest BCUT2D eigenvalue weighted by Crippen LogP contribution is 2.35. The van der Waals surface area contributed by atoms with Gasteiger partial charge in [-0.2, -0.15) is 9.61 Å². The van der Waals surface area contributed by atoms with Crippen molar-refractivity contribution in [1.82, 2.24) is 29.8 Å². The third kappa shape index (κ3) is 3.09. The normalized spacial score (nSPS) is 11.3. The van der Waals surface area contributed by atoms with Crippen LogP contribution in [0.3, 0.4) is 0 Å². The molecule has 0 aliphatic carbocycles. The lowest BCUT2D eigenvalue weighted by molar-refractivity contribution is 0.415. The molecule has 0 aliphatic rings. The number of rotatable bonds is 4. The third-order valence-electron chi connectivity index (χ3n) is 5.26. The third-order valence-corrected chi connectivity index (χ3v) is 6.19. The first-order chi connectivity index (χ1) is 15.8. The van der Waals surface area contributed by atoms with Crippen molar-refractivity contribution in [3.05, 3.63) is 79.1 Å². The summed E-state index contributed by atoms with van der Waals surface area (Å²) in [6.07, 6.45) is 3.47. The number of methoxy groups -OCH3 is 1. The lowest BCUT2D eigenvalue weighted by atomic mass is 10.0. The number of aromatic nitrogens is 6. The number of para-hydroxylation sites is 1. The molecule has 32 heavy (non-hydrogen) atoms. The molecule has 0 N–H and O–H groups in total. The van der Waals surface area contributed by atoms with Gasteiger partial charge in [-0.25, -0.2) is 4.98 Å². The molecule has 0 saturated carbocycles. The first-order valence-corrected chi connectivity index (χ1v) is 10.8. The predicted octanol–water partition coefficient (Wildman–Crippen LogP) is 5.14. The van der Waals surface area contributed by atoms with E-state index in [2.05, 4.69) is 27.3 Å². The standard InChI is InChI=1S/C24H16N6OS/c1-31-17-8-6-15(7-9-17)21-14-19(18-4-2-3-5-20(18)26-21)23-29-30-22(27-28-24(30)32-23)16-10-12-25-13-11-16/h2-14H,1H3. The van der Waals surface area contributed by atoms with Crippen molar-refractivity contribution in [3.63, 3.8) is 0 Å². The molecule has 0 saturated heterocycles. The summed E-state index contributed by atoms with van der Waals surface area (Å²) in [6, 6.07) is 21.9. The number of hydrogen-bond acceptors (Lipinski definition) is 7. The maximum absolute atomic E-state index is 5.29. The maximum atomic E-state index is 5.29. The Bertz CT molecular complexity index is 1560. The summed E-state index contributed by atoms with van der Waals surface area (Å²) in [5.74, 6) is 1.51.